The topological polar surface area (TPSA) is 64.7 Å². The number of fused-ring (bicyclic) bond motifs is 1. The van der Waals surface area contributed by atoms with E-state index >= 15 is 0 Å². The Balaban J connectivity index is 1.66. The largest absolute Gasteiger partial charge is 0.347 e. The molecule has 0 bridgehead atoms. The molecule has 0 aliphatic heterocycles. The average Bonchev–Trinajstić information content (AvgIpc) is 3.04. The maximum absolute atomic E-state index is 12.0. The van der Waals surface area contributed by atoms with Gasteiger partial charge in [-0.1, -0.05) is 12.1 Å². The van der Waals surface area contributed by atoms with E-state index in [1.54, 1.807) is 12.5 Å². The van der Waals surface area contributed by atoms with Crippen LogP contribution in [0.5, 0.6) is 0 Å². The minimum Gasteiger partial charge on any atom is -0.347 e. The molecule has 0 spiro atoms. The van der Waals surface area contributed by atoms with E-state index in [-0.39, 0.29) is 12.5 Å². The maximum Gasteiger partial charge on any atom is 0.240 e. The molecule has 0 unspecified atom stereocenters. The lowest BCUT2D eigenvalue weighted by Crippen LogP contribution is -2.27. The zero-order chi connectivity index (χ0) is 13.9. The number of para-hydroxylation sites is 2. The van der Waals surface area contributed by atoms with E-state index in [0.29, 0.717) is 6.54 Å². The average molecular weight is 269 g/mol. The predicted octanol–water partition coefficient (Wildman–Crippen LogP) is 1.09. The van der Waals surface area contributed by atoms with Gasteiger partial charge in [-0.15, -0.1) is 0 Å². The van der Waals surface area contributed by atoms with Crippen molar-refractivity contribution in [1.82, 2.24) is 24.4 Å². The third kappa shape index (κ3) is 2.40. The van der Waals surface area contributed by atoms with E-state index in [4.69, 9.17) is 0 Å². The molecule has 0 saturated heterocycles. The first-order valence-electron chi connectivity index (χ1n) is 6.37. The second-order valence-electron chi connectivity index (χ2n) is 4.59. The standard InChI is InChI=1S/C14H15N5O/c1-18-7-6-15-13(18)8-16-14(20)9-19-10-17-11-4-2-3-5-12(11)19/h2-7,10H,8-9H2,1H3,(H,16,20). The van der Waals surface area contributed by atoms with Crippen molar-refractivity contribution in [2.24, 2.45) is 7.05 Å². The summed E-state index contributed by atoms with van der Waals surface area (Å²) < 4.78 is 3.72. The lowest BCUT2D eigenvalue weighted by Gasteiger charge is -2.06. The fourth-order valence-electron chi connectivity index (χ4n) is 2.09. The molecule has 2 heterocycles. The molecule has 3 rings (SSSR count). The summed E-state index contributed by atoms with van der Waals surface area (Å²) in [6.45, 7) is 0.680. The molecule has 1 N–H and O–H groups in total. The number of imidazole rings is 2. The Morgan fingerprint density at radius 1 is 1.30 bits per heavy atom. The van der Waals surface area contributed by atoms with Crippen LogP contribution in [0.25, 0.3) is 11.0 Å². The summed E-state index contributed by atoms with van der Waals surface area (Å²) in [5.41, 5.74) is 1.85. The van der Waals surface area contributed by atoms with Crippen LogP contribution < -0.4 is 5.32 Å². The molecule has 20 heavy (non-hydrogen) atoms. The number of carbonyl (C=O) groups is 1. The predicted molar refractivity (Wildman–Crippen MR) is 74.8 cm³/mol. The molecule has 3 aromatic rings. The second kappa shape index (κ2) is 5.16. The number of nitrogens with zero attached hydrogens (tertiary/aromatic N) is 4. The van der Waals surface area contributed by atoms with Crippen molar-refractivity contribution in [2.75, 3.05) is 0 Å². The Morgan fingerprint density at radius 3 is 2.95 bits per heavy atom. The molecule has 0 atom stereocenters. The smallest absolute Gasteiger partial charge is 0.240 e. The van der Waals surface area contributed by atoms with Crippen molar-refractivity contribution >= 4 is 16.9 Å². The number of aryl methyl sites for hydroxylation is 1. The van der Waals surface area contributed by atoms with Gasteiger partial charge in [0.25, 0.3) is 0 Å². The summed E-state index contributed by atoms with van der Waals surface area (Å²) in [4.78, 5) is 20.4. The van der Waals surface area contributed by atoms with Crippen LogP contribution in [0.3, 0.4) is 0 Å². The van der Waals surface area contributed by atoms with Gasteiger partial charge in [-0.3, -0.25) is 4.79 Å². The van der Waals surface area contributed by atoms with E-state index in [1.807, 2.05) is 46.6 Å². The first-order valence-corrected chi connectivity index (χ1v) is 6.37. The molecule has 1 amide bonds. The fourth-order valence-corrected chi connectivity index (χ4v) is 2.09. The van der Waals surface area contributed by atoms with Crippen molar-refractivity contribution < 1.29 is 4.79 Å². The molecule has 0 fully saturated rings. The molecule has 6 nitrogen and oxygen atoms in total. The van der Waals surface area contributed by atoms with E-state index in [1.165, 1.54) is 0 Å². The highest BCUT2D eigenvalue weighted by Crippen LogP contribution is 2.11. The van der Waals surface area contributed by atoms with Gasteiger partial charge < -0.3 is 14.5 Å². The van der Waals surface area contributed by atoms with Gasteiger partial charge in [-0.05, 0) is 12.1 Å². The van der Waals surface area contributed by atoms with E-state index in [9.17, 15) is 4.79 Å². The summed E-state index contributed by atoms with van der Waals surface area (Å²) >= 11 is 0. The summed E-state index contributed by atoms with van der Waals surface area (Å²) in [5, 5.41) is 2.86. The first kappa shape index (κ1) is 12.4. The van der Waals surface area contributed by atoms with Crippen molar-refractivity contribution in [2.45, 2.75) is 13.1 Å². The summed E-state index contributed by atoms with van der Waals surface area (Å²) in [5.74, 6) is 0.769. The zero-order valence-electron chi connectivity index (χ0n) is 11.2. The molecule has 102 valence electrons. The van der Waals surface area contributed by atoms with Crippen LogP contribution in [-0.4, -0.2) is 25.0 Å². The third-order valence-electron chi connectivity index (χ3n) is 3.21. The Hall–Kier alpha value is -2.63. The quantitative estimate of drug-likeness (QED) is 0.771. The molecule has 0 aliphatic rings. The second-order valence-corrected chi connectivity index (χ2v) is 4.59. The van der Waals surface area contributed by atoms with E-state index < -0.39 is 0 Å². The van der Waals surface area contributed by atoms with Gasteiger partial charge in [0, 0.05) is 19.4 Å². The van der Waals surface area contributed by atoms with Crippen LogP contribution >= 0.6 is 0 Å². The van der Waals surface area contributed by atoms with Gasteiger partial charge in [0.1, 0.15) is 12.4 Å². The first-order chi connectivity index (χ1) is 9.74. The maximum atomic E-state index is 12.0. The SMILES string of the molecule is Cn1ccnc1CNC(=O)Cn1cnc2ccccc21. The summed E-state index contributed by atoms with van der Waals surface area (Å²) in [6, 6.07) is 7.75. The molecular formula is C14H15N5O. The Labute approximate surface area is 116 Å². The molecule has 2 aromatic heterocycles. The van der Waals surface area contributed by atoms with Crippen molar-refractivity contribution in [3.63, 3.8) is 0 Å². The van der Waals surface area contributed by atoms with Gasteiger partial charge in [-0.2, -0.15) is 0 Å². The molecule has 0 radical (unpaired) electrons. The monoisotopic (exact) mass is 269 g/mol. The van der Waals surface area contributed by atoms with Crippen LogP contribution in [0.15, 0.2) is 43.0 Å². The van der Waals surface area contributed by atoms with Crippen LogP contribution in [0.1, 0.15) is 5.82 Å². The summed E-state index contributed by atoms with van der Waals surface area (Å²) in [6.07, 6.45) is 5.25. The number of benzene rings is 1. The number of hydrogen-bond acceptors (Lipinski definition) is 3. The number of nitrogens with one attached hydrogen (secondary N) is 1. The lowest BCUT2D eigenvalue weighted by molar-refractivity contribution is -0.121. The van der Waals surface area contributed by atoms with Gasteiger partial charge in [0.15, 0.2) is 0 Å². The van der Waals surface area contributed by atoms with E-state index in [2.05, 4.69) is 15.3 Å². The van der Waals surface area contributed by atoms with Crippen LogP contribution in [0, 0.1) is 0 Å². The molecule has 1 aromatic carbocycles. The van der Waals surface area contributed by atoms with Gasteiger partial charge >= 0.3 is 0 Å². The highest BCUT2D eigenvalue weighted by Gasteiger charge is 2.07. The van der Waals surface area contributed by atoms with Gasteiger partial charge in [-0.25, -0.2) is 9.97 Å². The minimum absolute atomic E-state index is 0.0591. The fraction of sp³-hybridized carbons (Fsp3) is 0.214. The van der Waals surface area contributed by atoms with Crippen molar-refractivity contribution in [3.8, 4) is 0 Å². The number of aromatic nitrogens is 4. The number of hydrogen-bond donors (Lipinski definition) is 1. The highest BCUT2D eigenvalue weighted by molar-refractivity contribution is 5.80. The number of amides is 1. The Kier molecular flexibility index (Phi) is 3.20. The van der Waals surface area contributed by atoms with Crippen molar-refractivity contribution in [1.29, 1.82) is 0 Å². The van der Waals surface area contributed by atoms with Crippen molar-refractivity contribution in [3.05, 3.63) is 48.8 Å². The molecule has 6 heteroatoms. The Bertz CT molecular complexity index is 743. The van der Waals surface area contributed by atoms with Crippen LogP contribution in [-0.2, 0) is 24.9 Å². The van der Waals surface area contributed by atoms with Gasteiger partial charge in [0.05, 0.1) is 23.9 Å². The highest BCUT2D eigenvalue weighted by atomic mass is 16.1. The molecule has 0 saturated carbocycles. The minimum atomic E-state index is -0.0591. The van der Waals surface area contributed by atoms with Crippen LogP contribution in [0.4, 0.5) is 0 Å². The van der Waals surface area contributed by atoms with E-state index in [0.717, 1.165) is 16.9 Å². The lowest BCUT2D eigenvalue weighted by atomic mass is 10.3. The Morgan fingerprint density at radius 2 is 2.15 bits per heavy atom. The summed E-state index contributed by atoms with van der Waals surface area (Å²) in [7, 11) is 1.90. The normalized spacial score (nSPS) is 10.8. The molecular weight excluding hydrogens is 254 g/mol. The third-order valence-corrected chi connectivity index (χ3v) is 3.21. The van der Waals surface area contributed by atoms with Crippen LogP contribution in [0.2, 0.25) is 0 Å². The van der Waals surface area contributed by atoms with Gasteiger partial charge in [0.2, 0.25) is 5.91 Å². The number of carbonyl (C=O) groups excluding carboxylic acids is 1. The number of rotatable bonds is 4. The zero-order valence-corrected chi connectivity index (χ0v) is 11.2. The molecule has 0 aliphatic carbocycles.